The van der Waals surface area contributed by atoms with Crippen LogP contribution in [0.25, 0.3) is 0 Å². The number of hydrogen-bond acceptors (Lipinski definition) is 3. The van der Waals surface area contributed by atoms with Crippen molar-refractivity contribution in [2.24, 2.45) is 5.92 Å². The molecule has 0 saturated carbocycles. The lowest BCUT2D eigenvalue weighted by Gasteiger charge is -2.22. The van der Waals surface area contributed by atoms with Gasteiger partial charge in [-0.2, -0.15) is 11.8 Å². The van der Waals surface area contributed by atoms with Crippen LogP contribution in [0.4, 0.5) is 0 Å². The zero-order chi connectivity index (χ0) is 10.7. The van der Waals surface area contributed by atoms with Crippen LogP contribution >= 0.6 is 11.8 Å². The molecular formula is C12H18N2S. The summed E-state index contributed by atoms with van der Waals surface area (Å²) in [6.45, 7) is 2.03. The molecule has 1 aliphatic heterocycles. The van der Waals surface area contributed by atoms with Gasteiger partial charge in [-0.1, -0.05) is 6.07 Å². The van der Waals surface area contributed by atoms with E-state index in [1.165, 1.54) is 23.5 Å². The first-order valence-electron chi connectivity index (χ1n) is 5.49. The smallest absolute Gasteiger partial charge is 0.0372 e. The Bertz CT molecular complexity index is 304. The van der Waals surface area contributed by atoms with Gasteiger partial charge in [0, 0.05) is 17.9 Å². The zero-order valence-corrected chi connectivity index (χ0v) is 10.2. The topological polar surface area (TPSA) is 24.9 Å². The molecule has 1 aromatic heterocycles. The average molecular weight is 222 g/mol. The molecule has 2 rings (SSSR count). The van der Waals surface area contributed by atoms with Crippen LogP contribution < -0.4 is 5.32 Å². The van der Waals surface area contributed by atoms with Crippen LogP contribution in [0.3, 0.4) is 0 Å². The summed E-state index contributed by atoms with van der Waals surface area (Å²) in [5, 5.41) is 3.43. The van der Waals surface area contributed by atoms with Crippen molar-refractivity contribution in [1.29, 1.82) is 0 Å². The summed E-state index contributed by atoms with van der Waals surface area (Å²) in [4.78, 5) is 4.37. The highest BCUT2D eigenvalue weighted by Crippen LogP contribution is 2.33. The summed E-state index contributed by atoms with van der Waals surface area (Å²) < 4.78 is 0. The maximum absolute atomic E-state index is 4.37. The summed E-state index contributed by atoms with van der Waals surface area (Å²) >= 11 is 2.06. The number of aromatic nitrogens is 1. The van der Waals surface area contributed by atoms with E-state index in [1.807, 2.05) is 20.2 Å². The summed E-state index contributed by atoms with van der Waals surface area (Å²) in [5.74, 6) is 3.35. The van der Waals surface area contributed by atoms with Crippen LogP contribution in [-0.4, -0.2) is 23.5 Å². The van der Waals surface area contributed by atoms with Crippen LogP contribution in [0.5, 0.6) is 0 Å². The lowest BCUT2D eigenvalue weighted by atomic mass is 9.93. The molecule has 1 aliphatic rings. The third-order valence-corrected chi connectivity index (χ3v) is 4.23. The quantitative estimate of drug-likeness (QED) is 0.850. The standard InChI is InChI=1S/C12H18N2S/c1-9-3-4-10(7-14-9)12(13-2)11-5-6-15-8-11/h3-4,7,11-13H,5-6,8H2,1-2H3. The van der Waals surface area contributed by atoms with E-state index in [9.17, 15) is 0 Å². The van der Waals surface area contributed by atoms with E-state index in [0.29, 0.717) is 6.04 Å². The first kappa shape index (κ1) is 11.0. The molecule has 0 spiro atoms. The molecule has 1 fully saturated rings. The Morgan fingerprint density at radius 1 is 1.53 bits per heavy atom. The predicted molar refractivity (Wildman–Crippen MR) is 66.2 cm³/mol. The van der Waals surface area contributed by atoms with Gasteiger partial charge in [0.1, 0.15) is 0 Å². The van der Waals surface area contributed by atoms with Crippen molar-refractivity contribution < 1.29 is 0 Å². The Balaban J connectivity index is 2.14. The van der Waals surface area contributed by atoms with Crippen molar-refractivity contribution in [1.82, 2.24) is 10.3 Å². The molecule has 3 heteroatoms. The fourth-order valence-electron chi connectivity index (χ4n) is 2.15. The monoisotopic (exact) mass is 222 g/mol. The van der Waals surface area contributed by atoms with Crippen molar-refractivity contribution in [2.45, 2.75) is 19.4 Å². The predicted octanol–water partition coefficient (Wildman–Crippen LogP) is 2.40. The minimum atomic E-state index is 0.480. The second kappa shape index (κ2) is 4.99. The summed E-state index contributed by atoms with van der Waals surface area (Å²) in [7, 11) is 2.05. The van der Waals surface area contributed by atoms with E-state index in [4.69, 9.17) is 0 Å². The minimum Gasteiger partial charge on any atom is -0.313 e. The van der Waals surface area contributed by atoms with E-state index >= 15 is 0 Å². The highest BCUT2D eigenvalue weighted by molar-refractivity contribution is 7.99. The molecule has 1 aromatic rings. The normalized spacial score (nSPS) is 22.9. The molecule has 2 nitrogen and oxygen atoms in total. The van der Waals surface area contributed by atoms with Gasteiger partial charge < -0.3 is 5.32 Å². The molecule has 0 amide bonds. The lowest BCUT2D eigenvalue weighted by molar-refractivity contribution is 0.419. The first-order valence-corrected chi connectivity index (χ1v) is 6.64. The molecular weight excluding hydrogens is 204 g/mol. The summed E-state index contributed by atoms with van der Waals surface area (Å²) in [6, 6.07) is 4.78. The Labute approximate surface area is 95.9 Å². The van der Waals surface area contributed by atoms with Crippen LogP contribution in [0.2, 0.25) is 0 Å². The van der Waals surface area contributed by atoms with Crippen molar-refractivity contribution in [3.63, 3.8) is 0 Å². The highest BCUT2D eigenvalue weighted by atomic mass is 32.2. The Hall–Kier alpha value is -0.540. The van der Waals surface area contributed by atoms with Crippen LogP contribution in [0.15, 0.2) is 18.3 Å². The van der Waals surface area contributed by atoms with E-state index in [0.717, 1.165) is 11.6 Å². The van der Waals surface area contributed by atoms with Gasteiger partial charge in [0.05, 0.1) is 0 Å². The maximum Gasteiger partial charge on any atom is 0.0372 e. The molecule has 0 aliphatic carbocycles. The Kier molecular flexibility index (Phi) is 3.65. The SMILES string of the molecule is CNC(c1ccc(C)nc1)C1CCSC1. The van der Waals surface area contributed by atoms with E-state index in [-0.39, 0.29) is 0 Å². The Morgan fingerprint density at radius 2 is 2.40 bits per heavy atom. The van der Waals surface area contributed by atoms with Gasteiger partial charge in [-0.3, -0.25) is 4.98 Å². The fraction of sp³-hybridized carbons (Fsp3) is 0.583. The number of pyridine rings is 1. The van der Waals surface area contributed by atoms with Gasteiger partial charge in [-0.05, 0) is 49.4 Å². The van der Waals surface area contributed by atoms with Gasteiger partial charge in [-0.15, -0.1) is 0 Å². The number of thioether (sulfide) groups is 1. The van der Waals surface area contributed by atoms with E-state index in [2.05, 4.69) is 34.2 Å². The van der Waals surface area contributed by atoms with Gasteiger partial charge >= 0.3 is 0 Å². The molecule has 2 atom stereocenters. The van der Waals surface area contributed by atoms with Gasteiger partial charge in [0.25, 0.3) is 0 Å². The number of hydrogen-bond donors (Lipinski definition) is 1. The van der Waals surface area contributed by atoms with Crippen LogP contribution in [-0.2, 0) is 0 Å². The summed E-state index contributed by atoms with van der Waals surface area (Å²) in [5.41, 5.74) is 2.42. The second-order valence-electron chi connectivity index (χ2n) is 4.12. The van der Waals surface area contributed by atoms with Crippen LogP contribution in [0.1, 0.15) is 23.7 Å². The van der Waals surface area contributed by atoms with Gasteiger partial charge in [0.2, 0.25) is 0 Å². The highest BCUT2D eigenvalue weighted by Gasteiger charge is 2.25. The van der Waals surface area contributed by atoms with Crippen molar-refractivity contribution >= 4 is 11.8 Å². The number of nitrogens with one attached hydrogen (secondary N) is 1. The second-order valence-corrected chi connectivity index (χ2v) is 5.27. The molecule has 1 N–H and O–H groups in total. The molecule has 15 heavy (non-hydrogen) atoms. The molecule has 2 heterocycles. The minimum absolute atomic E-state index is 0.480. The average Bonchev–Trinajstić information content (AvgIpc) is 2.75. The number of nitrogens with zero attached hydrogens (tertiary/aromatic N) is 1. The molecule has 0 aromatic carbocycles. The largest absolute Gasteiger partial charge is 0.313 e. The first-order chi connectivity index (χ1) is 7.31. The van der Waals surface area contributed by atoms with Crippen molar-refractivity contribution in [2.75, 3.05) is 18.6 Å². The lowest BCUT2D eigenvalue weighted by Crippen LogP contribution is -2.25. The van der Waals surface area contributed by atoms with E-state index in [1.54, 1.807) is 0 Å². The molecule has 1 saturated heterocycles. The fourth-order valence-corrected chi connectivity index (χ4v) is 3.45. The molecule has 2 unspecified atom stereocenters. The number of aryl methyl sites for hydroxylation is 1. The molecule has 82 valence electrons. The molecule has 0 bridgehead atoms. The molecule has 0 radical (unpaired) electrons. The maximum atomic E-state index is 4.37. The van der Waals surface area contributed by atoms with E-state index < -0.39 is 0 Å². The third kappa shape index (κ3) is 2.52. The van der Waals surface area contributed by atoms with Crippen LogP contribution in [0, 0.1) is 12.8 Å². The number of rotatable bonds is 3. The zero-order valence-electron chi connectivity index (χ0n) is 9.36. The van der Waals surface area contributed by atoms with Gasteiger partial charge in [0.15, 0.2) is 0 Å². The van der Waals surface area contributed by atoms with Gasteiger partial charge in [-0.25, -0.2) is 0 Å². The van der Waals surface area contributed by atoms with Crippen molar-refractivity contribution in [3.05, 3.63) is 29.6 Å². The summed E-state index contributed by atoms with van der Waals surface area (Å²) in [6.07, 6.45) is 3.34. The third-order valence-electron chi connectivity index (χ3n) is 3.04. The Morgan fingerprint density at radius 3 is 2.93 bits per heavy atom. The van der Waals surface area contributed by atoms with Crippen molar-refractivity contribution in [3.8, 4) is 0 Å².